The van der Waals surface area contributed by atoms with Crippen molar-refractivity contribution in [2.24, 2.45) is 0 Å². The number of nitrogens with one attached hydrogen (secondary N) is 1. The second-order valence-corrected chi connectivity index (χ2v) is 9.22. The number of rotatable bonds is 2. The van der Waals surface area contributed by atoms with Crippen LogP contribution in [0.3, 0.4) is 0 Å². The summed E-state index contributed by atoms with van der Waals surface area (Å²) in [5.74, 6) is 0. The Balaban J connectivity index is 1.58. The van der Waals surface area contributed by atoms with Crippen LogP contribution in [0.4, 0.5) is 4.79 Å². The van der Waals surface area contributed by atoms with Crippen molar-refractivity contribution in [1.29, 1.82) is 0 Å². The molecule has 1 aliphatic carbocycles. The van der Waals surface area contributed by atoms with Crippen LogP contribution in [-0.4, -0.2) is 35.7 Å². The molecule has 2 aliphatic rings. The van der Waals surface area contributed by atoms with Crippen LogP contribution in [0.25, 0.3) is 0 Å². The Morgan fingerprint density at radius 1 is 1.43 bits per heavy atom. The van der Waals surface area contributed by atoms with Crippen molar-refractivity contribution in [3.63, 3.8) is 0 Å². The fraction of sp³-hybridized carbons (Fsp3) is 0.706. The van der Waals surface area contributed by atoms with Gasteiger partial charge < -0.3 is 15.0 Å². The zero-order chi connectivity index (χ0) is 16.6. The van der Waals surface area contributed by atoms with Gasteiger partial charge in [-0.3, -0.25) is 0 Å². The summed E-state index contributed by atoms with van der Waals surface area (Å²) >= 11 is 7.88. The van der Waals surface area contributed by atoms with Gasteiger partial charge in [0.2, 0.25) is 0 Å². The van der Waals surface area contributed by atoms with Crippen LogP contribution in [0.5, 0.6) is 0 Å². The molecule has 2 unspecified atom stereocenters. The van der Waals surface area contributed by atoms with Crippen molar-refractivity contribution in [3.05, 3.63) is 20.8 Å². The maximum atomic E-state index is 12.2. The molecule has 2 heterocycles. The van der Waals surface area contributed by atoms with E-state index in [2.05, 4.69) is 11.4 Å². The van der Waals surface area contributed by atoms with E-state index in [0.717, 1.165) is 36.7 Å². The molecule has 1 N–H and O–H groups in total. The van der Waals surface area contributed by atoms with Crippen LogP contribution in [0.2, 0.25) is 4.34 Å². The van der Waals surface area contributed by atoms with Gasteiger partial charge in [-0.25, -0.2) is 4.79 Å². The number of carbonyl (C=O) groups is 1. The quantitative estimate of drug-likeness (QED) is 0.855. The van der Waals surface area contributed by atoms with Crippen LogP contribution < -0.4 is 5.32 Å². The Labute approximate surface area is 147 Å². The molecule has 1 aromatic rings. The van der Waals surface area contributed by atoms with Gasteiger partial charge in [0, 0.05) is 30.1 Å². The highest BCUT2D eigenvalue weighted by Gasteiger charge is 2.32. The Kier molecular flexibility index (Phi) is 4.90. The van der Waals surface area contributed by atoms with E-state index in [9.17, 15) is 4.79 Å². The summed E-state index contributed by atoms with van der Waals surface area (Å²) in [5.41, 5.74) is 0.927. The minimum absolute atomic E-state index is 0.204. The van der Waals surface area contributed by atoms with Gasteiger partial charge in [-0.1, -0.05) is 11.6 Å². The zero-order valence-corrected chi connectivity index (χ0v) is 15.6. The van der Waals surface area contributed by atoms with E-state index in [-0.39, 0.29) is 6.09 Å². The van der Waals surface area contributed by atoms with Gasteiger partial charge in [0.05, 0.1) is 4.34 Å². The third-order valence-electron chi connectivity index (χ3n) is 4.36. The lowest BCUT2D eigenvalue weighted by atomic mass is 9.93. The molecule has 1 saturated heterocycles. The molecule has 1 aliphatic heterocycles. The molecule has 0 saturated carbocycles. The minimum atomic E-state index is -0.436. The number of ether oxygens (including phenoxy) is 1. The molecule has 0 spiro atoms. The van der Waals surface area contributed by atoms with Gasteiger partial charge in [0.1, 0.15) is 5.60 Å². The van der Waals surface area contributed by atoms with Crippen LogP contribution in [0.15, 0.2) is 6.07 Å². The zero-order valence-electron chi connectivity index (χ0n) is 14.0. The second kappa shape index (κ2) is 6.61. The van der Waals surface area contributed by atoms with Crippen molar-refractivity contribution in [2.75, 3.05) is 13.1 Å². The van der Waals surface area contributed by atoms with E-state index in [4.69, 9.17) is 16.3 Å². The number of amides is 1. The first-order valence-corrected chi connectivity index (χ1v) is 9.53. The monoisotopic (exact) mass is 356 g/mol. The third-order valence-corrected chi connectivity index (χ3v) is 5.70. The molecule has 3 rings (SSSR count). The van der Waals surface area contributed by atoms with Crippen molar-refractivity contribution in [2.45, 2.75) is 64.1 Å². The van der Waals surface area contributed by atoms with Crippen molar-refractivity contribution < 1.29 is 9.53 Å². The summed E-state index contributed by atoms with van der Waals surface area (Å²) in [6.07, 6.45) is 4.25. The van der Waals surface area contributed by atoms with E-state index in [1.807, 2.05) is 25.7 Å². The molecular weight excluding hydrogens is 332 g/mol. The topological polar surface area (TPSA) is 41.6 Å². The maximum absolute atomic E-state index is 12.2. The molecule has 23 heavy (non-hydrogen) atoms. The number of carbonyl (C=O) groups excluding carboxylic acids is 1. The number of thiophene rings is 1. The van der Waals surface area contributed by atoms with E-state index in [1.54, 1.807) is 11.3 Å². The molecule has 4 nitrogen and oxygen atoms in total. The van der Waals surface area contributed by atoms with Crippen LogP contribution in [-0.2, 0) is 11.2 Å². The number of fused-ring (bicyclic) bond motifs is 1. The molecule has 6 heteroatoms. The molecule has 0 radical (unpaired) electrons. The lowest BCUT2D eigenvalue weighted by Gasteiger charge is -2.27. The Morgan fingerprint density at radius 2 is 2.22 bits per heavy atom. The van der Waals surface area contributed by atoms with E-state index >= 15 is 0 Å². The maximum Gasteiger partial charge on any atom is 0.410 e. The average Bonchev–Trinajstić information content (AvgIpc) is 3.03. The van der Waals surface area contributed by atoms with E-state index in [0.29, 0.717) is 12.1 Å². The lowest BCUT2D eigenvalue weighted by molar-refractivity contribution is 0.0290. The molecule has 1 aromatic heterocycles. The fourth-order valence-electron chi connectivity index (χ4n) is 3.37. The van der Waals surface area contributed by atoms with Gasteiger partial charge in [-0.2, -0.15) is 0 Å². The number of halogens is 1. The van der Waals surface area contributed by atoms with Crippen molar-refractivity contribution in [1.82, 2.24) is 10.2 Å². The standard InChI is InChI=1S/C17H25ClN2O2S/c1-17(2,3)22-16(21)20-8-7-11(10-20)19-13-5-4-6-14-12(13)9-15(18)23-14/h9,11,13,19H,4-8,10H2,1-3H3. The smallest absolute Gasteiger partial charge is 0.410 e. The molecule has 0 aromatic carbocycles. The highest BCUT2D eigenvalue weighted by Crippen LogP contribution is 2.38. The molecule has 0 bridgehead atoms. The summed E-state index contributed by atoms with van der Waals surface area (Å²) in [4.78, 5) is 15.4. The van der Waals surface area contributed by atoms with Crippen LogP contribution in [0, 0.1) is 0 Å². The molecule has 1 amide bonds. The number of likely N-dealkylation sites (tertiary alicyclic amines) is 1. The molecule has 2 atom stereocenters. The number of hydrogen-bond acceptors (Lipinski definition) is 4. The highest BCUT2D eigenvalue weighted by atomic mass is 35.5. The van der Waals surface area contributed by atoms with Crippen molar-refractivity contribution in [3.8, 4) is 0 Å². The largest absolute Gasteiger partial charge is 0.444 e. The first-order valence-electron chi connectivity index (χ1n) is 8.34. The van der Waals surface area contributed by atoms with Crippen LogP contribution in [0.1, 0.15) is 56.5 Å². The molecule has 1 fully saturated rings. The molecular formula is C17H25ClN2O2S. The van der Waals surface area contributed by atoms with E-state index < -0.39 is 5.60 Å². The fourth-order valence-corrected chi connectivity index (χ4v) is 4.75. The SMILES string of the molecule is CC(C)(C)OC(=O)N1CCC(NC2CCCc3sc(Cl)cc32)C1. The Morgan fingerprint density at radius 3 is 2.96 bits per heavy atom. The second-order valence-electron chi connectivity index (χ2n) is 7.45. The normalized spacial score (nSPS) is 24.6. The predicted molar refractivity (Wildman–Crippen MR) is 94.4 cm³/mol. The Bertz CT molecular complexity index is 582. The summed E-state index contributed by atoms with van der Waals surface area (Å²) in [7, 11) is 0. The summed E-state index contributed by atoms with van der Waals surface area (Å²) < 4.78 is 6.34. The first-order chi connectivity index (χ1) is 10.8. The lowest BCUT2D eigenvalue weighted by Crippen LogP contribution is -2.39. The number of hydrogen-bond donors (Lipinski definition) is 1. The third kappa shape index (κ3) is 4.20. The first kappa shape index (κ1) is 17.1. The van der Waals surface area contributed by atoms with Gasteiger partial charge >= 0.3 is 6.09 Å². The summed E-state index contributed by atoms with van der Waals surface area (Å²) in [6, 6.07) is 2.81. The highest BCUT2D eigenvalue weighted by molar-refractivity contribution is 7.16. The molecule has 128 valence electrons. The van der Waals surface area contributed by atoms with Gasteiger partial charge in [0.15, 0.2) is 0 Å². The Hall–Kier alpha value is -0.780. The number of nitrogens with zero attached hydrogens (tertiary/aromatic N) is 1. The minimum Gasteiger partial charge on any atom is -0.444 e. The summed E-state index contributed by atoms with van der Waals surface area (Å²) in [5, 5.41) is 3.73. The van der Waals surface area contributed by atoms with Gasteiger partial charge in [-0.15, -0.1) is 11.3 Å². The van der Waals surface area contributed by atoms with E-state index in [1.165, 1.54) is 16.9 Å². The number of aryl methyl sites for hydroxylation is 1. The van der Waals surface area contributed by atoms with Crippen LogP contribution >= 0.6 is 22.9 Å². The van der Waals surface area contributed by atoms with Crippen molar-refractivity contribution >= 4 is 29.0 Å². The van der Waals surface area contributed by atoms with Gasteiger partial charge in [0.25, 0.3) is 0 Å². The van der Waals surface area contributed by atoms with Gasteiger partial charge in [-0.05, 0) is 58.1 Å². The summed E-state index contributed by atoms with van der Waals surface area (Å²) in [6.45, 7) is 7.19. The average molecular weight is 357 g/mol. The predicted octanol–water partition coefficient (Wildman–Crippen LogP) is 4.38.